The van der Waals surface area contributed by atoms with Gasteiger partial charge in [-0.15, -0.1) is 0 Å². The minimum absolute atomic E-state index is 0.0813. The predicted octanol–water partition coefficient (Wildman–Crippen LogP) is 2.13. The van der Waals surface area contributed by atoms with Crippen molar-refractivity contribution in [3.63, 3.8) is 0 Å². The van der Waals surface area contributed by atoms with Crippen LogP contribution in [-0.4, -0.2) is 94.6 Å². The second kappa shape index (κ2) is 10.4. The Balaban J connectivity index is 1.71. The minimum Gasteiger partial charge on any atom is -0.396 e. The largest absolute Gasteiger partial charge is 0.396 e. The van der Waals surface area contributed by atoms with Crippen LogP contribution in [0, 0.1) is 11.8 Å². The molecule has 3 amide bonds. The molecule has 0 aromatic heterocycles. The van der Waals surface area contributed by atoms with Gasteiger partial charge >= 0.3 is 0 Å². The summed E-state index contributed by atoms with van der Waals surface area (Å²) in [7, 11) is 1.75. The molecule has 5 atom stereocenters. The van der Waals surface area contributed by atoms with Gasteiger partial charge in [0.25, 0.3) is 0 Å². The molecule has 8 nitrogen and oxygen atoms in total. The first-order valence-corrected chi connectivity index (χ1v) is 13.3. The molecule has 4 heterocycles. The van der Waals surface area contributed by atoms with E-state index in [1.165, 1.54) is 0 Å². The zero-order valence-corrected chi connectivity index (χ0v) is 21.4. The summed E-state index contributed by atoms with van der Waals surface area (Å²) in [6, 6.07) is -0.770. The number of aliphatic hydroxyl groups excluding tert-OH is 1. The number of hydrogen-bond donors (Lipinski definition) is 1. The molecule has 4 rings (SSSR count). The highest BCUT2D eigenvalue weighted by atomic mass is 16.5. The highest BCUT2D eigenvalue weighted by Gasteiger charge is 2.74. The third-order valence-electron chi connectivity index (χ3n) is 8.18. The van der Waals surface area contributed by atoms with Gasteiger partial charge in [0.2, 0.25) is 17.7 Å². The van der Waals surface area contributed by atoms with Crippen LogP contribution in [0.3, 0.4) is 0 Å². The van der Waals surface area contributed by atoms with Crippen LogP contribution in [-0.2, 0) is 19.1 Å². The molecule has 1 N–H and O–H groups in total. The van der Waals surface area contributed by atoms with E-state index in [9.17, 15) is 14.4 Å². The molecule has 0 aliphatic carbocycles. The van der Waals surface area contributed by atoms with Gasteiger partial charge < -0.3 is 24.5 Å². The molecule has 2 saturated heterocycles. The standard InChI is InChI=1S/C27H41N3O5/c1-4-5-8-16-29-17-12-14-27-21(20-23(32)28(3)15-11-13-26(20,2)35-27)24(33)30(22(27)25(29)34)18-9-6-7-10-19-31/h11-14,20-22,31H,4-10,15-19H2,1-3H3/t20-,21+,22?,26+,27+/m1/s1. The van der Waals surface area contributed by atoms with E-state index in [0.29, 0.717) is 26.2 Å². The van der Waals surface area contributed by atoms with Crippen LogP contribution in [0.15, 0.2) is 24.3 Å². The molecule has 0 radical (unpaired) electrons. The fourth-order valence-electron chi connectivity index (χ4n) is 6.43. The first-order valence-electron chi connectivity index (χ1n) is 13.3. The molecule has 4 aliphatic rings. The van der Waals surface area contributed by atoms with Gasteiger partial charge in [-0.2, -0.15) is 0 Å². The van der Waals surface area contributed by atoms with Gasteiger partial charge in [0.05, 0.1) is 17.4 Å². The lowest BCUT2D eigenvalue weighted by Gasteiger charge is -2.37. The summed E-state index contributed by atoms with van der Waals surface area (Å²) in [5.74, 6) is -1.76. The summed E-state index contributed by atoms with van der Waals surface area (Å²) in [5, 5.41) is 9.09. The number of hydrogen-bond acceptors (Lipinski definition) is 5. The molecule has 0 bridgehead atoms. The summed E-state index contributed by atoms with van der Waals surface area (Å²) in [5.41, 5.74) is -2.11. The van der Waals surface area contributed by atoms with Crippen molar-refractivity contribution in [1.29, 1.82) is 0 Å². The van der Waals surface area contributed by atoms with E-state index in [0.717, 1.165) is 44.9 Å². The quantitative estimate of drug-likeness (QED) is 0.377. The number of nitrogens with zero attached hydrogens (tertiary/aromatic N) is 3. The van der Waals surface area contributed by atoms with Crippen molar-refractivity contribution in [3.05, 3.63) is 24.3 Å². The van der Waals surface area contributed by atoms with Crippen LogP contribution >= 0.6 is 0 Å². The second-order valence-corrected chi connectivity index (χ2v) is 10.7. The number of carbonyl (C=O) groups is 3. The Morgan fingerprint density at radius 3 is 2.37 bits per heavy atom. The molecule has 0 aromatic rings. The van der Waals surface area contributed by atoms with E-state index >= 15 is 0 Å². The predicted molar refractivity (Wildman–Crippen MR) is 132 cm³/mol. The minimum atomic E-state index is -1.16. The molecule has 194 valence electrons. The molecule has 1 unspecified atom stereocenters. The summed E-state index contributed by atoms with van der Waals surface area (Å²) >= 11 is 0. The van der Waals surface area contributed by atoms with Crippen LogP contribution in [0.4, 0.5) is 0 Å². The SMILES string of the molecule is CCCCCN1CC=C[C@]23O[C@@]4(C)C=CCN(C)C(=O)[C@H]4[C@H]2C(=O)N(CCCCCCO)C3C1=O. The Bertz CT molecular complexity index is 888. The number of likely N-dealkylation sites (N-methyl/N-ethyl adjacent to an activating group) is 1. The maximum Gasteiger partial charge on any atom is 0.249 e. The number of likely N-dealkylation sites (tertiary alicyclic amines) is 1. The lowest BCUT2D eigenvalue weighted by molar-refractivity contribution is -0.152. The van der Waals surface area contributed by atoms with Crippen molar-refractivity contribution >= 4 is 17.7 Å². The van der Waals surface area contributed by atoms with Gasteiger partial charge in [-0.05, 0) is 26.2 Å². The monoisotopic (exact) mass is 487 g/mol. The lowest BCUT2D eigenvalue weighted by Crippen LogP contribution is -2.56. The van der Waals surface area contributed by atoms with E-state index in [2.05, 4.69) is 6.92 Å². The normalized spacial score (nSPS) is 34.2. The lowest BCUT2D eigenvalue weighted by atomic mass is 9.74. The van der Waals surface area contributed by atoms with Crippen molar-refractivity contribution in [2.24, 2.45) is 11.8 Å². The van der Waals surface area contributed by atoms with Gasteiger partial charge in [0, 0.05) is 39.8 Å². The van der Waals surface area contributed by atoms with Crippen molar-refractivity contribution in [2.75, 3.05) is 39.8 Å². The number of aliphatic hydroxyl groups is 1. The average molecular weight is 488 g/mol. The summed E-state index contributed by atoms with van der Waals surface area (Å²) in [4.78, 5) is 46.8. The summed E-state index contributed by atoms with van der Waals surface area (Å²) in [6.45, 7) is 6.22. The van der Waals surface area contributed by atoms with Gasteiger partial charge in [-0.1, -0.05) is 56.9 Å². The van der Waals surface area contributed by atoms with E-state index in [-0.39, 0.29) is 24.3 Å². The molecule has 0 aromatic carbocycles. The fourth-order valence-corrected chi connectivity index (χ4v) is 6.43. The average Bonchev–Trinajstić information content (AvgIpc) is 3.10. The molecular formula is C27H41N3O5. The van der Waals surface area contributed by atoms with E-state index in [4.69, 9.17) is 9.84 Å². The van der Waals surface area contributed by atoms with Crippen LogP contribution in [0.5, 0.6) is 0 Å². The number of unbranched alkanes of at least 4 members (excludes halogenated alkanes) is 5. The van der Waals surface area contributed by atoms with Crippen LogP contribution in [0.25, 0.3) is 0 Å². The molecule has 4 aliphatic heterocycles. The highest BCUT2D eigenvalue weighted by molar-refractivity contribution is 6.00. The topological polar surface area (TPSA) is 90.4 Å². The van der Waals surface area contributed by atoms with Crippen molar-refractivity contribution in [2.45, 2.75) is 76.0 Å². The van der Waals surface area contributed by atoms with Crippen molar-refractivity contribution in [3.8, 4) is 0 Å². The maximum atomic E-state index is 14.1. The molecule has 1 spiro atoms. The first-order chi connectivity index (χ1) is 16.8. The summed E-state index contributed by atoms with van der Waals surface area (Å²) < 4.78 is 6.77. The van der Waals surface area contributed by atoms with Gasteiger partial charge in [0.1, 0.15) is 11.6 Å². The van der Waals surface area contributed by atoms with Gasteiger partial charge in [-0.3, -0.25) is 14.4 Å². The van der Waals surface area contributed by atoms with E-state index in [1.807, 2.05) is 36.1 Å². The first kappa shape index (κ1) is 25.9. The van der Waals surface area contributed by atoms with Gasteiger partial charge in [0.15, 0.2) is 0 Å². The smallest absolute Gasteiger partial charge is 0.249 e. The van der Waals surface area contributed by atoms with E-state index in [1.54, 1.807) is 16.8 Å². The number of fused-ring (bicyclic) bond motifs is 2. The summed E-state index contributed by atoms with van der Waals surface area (Å²) in [6.07, 6.45) is 14.0. The van der Waals surface area contributed by atoms with Crippen LogP contribution < -0.4 is 0 Å². The van der Waals surface area contributed by atoms with Crippen molar-refractivity contribution < 1.29 is 24.2 Å². The van der Waals surface area contributed by atoms with Crippen LogP contribution in [0.1, 0.15) is 58.8 Å². The fraction of sp³-hybridized carbons (Fsp3) is 0.741. The number of amides is 3. The molecule has 35 heavy (non-hydrogen) atoms. The Labute approximate surface area is 208 Å². The number of rotatable bonds is 10. The number of ether oxygens (including phenoxy) is 1. The zero-order chi connectivity index (χ0) is 25.2. The Morgan fingerprint density at radius 1 is 0.914 bits per heavy atom. The second-order valence-electron chi connectivity index (χ2n) is 10.7. The Kier molecular flexibility index (Phi) is 7.71. The Morgan fingerprint density at radius 2 is 1.63 bits per heavy atom. The number of carbonyl (C=O) groups excluding carboxylic acids is 3. The highest BCUT2D eigenvalue weighted by Crippen LogP contribution is 2.57. The zero-order valence-electron chi connectivity index (χ0n) is 21.4. The molecule has 8 heteroatoms. The third kappa shape index (κ3) is 4.44. The Hall–Kier alpha value is -2.19. The molecular weight excluding hydrogens is 446 g/mol. The maximum absolute atomic E-state index is 14.1. The van der Waals surface area contributed by atoms with Crippen LogP contribution in [0.2, 0.25) is 0 Å². The van der Waals surface area contributed by atoms with E-state index < -0.39 is 29.1 Å². The molecule has 2 fully saturated rings. The third-order valence-corrected chi connectivity index (χ3v) is 8.18. The van der Waals surface area contributed by atoms with Crippen molar-refractivity contribution in [1.82, 2.24) is 14.7 Å². The van der Waals surface area contributed by atoms with Gasteiger partial charge in [-0.25, -0.2) is 0 Å². The molecule has 0 saturated carbocycles.